The number of aromatic nitrogens is 4. The van der Waals surface area contributed by atoms with Crippen LogP contribution in [0.5, 0.6) is 0 Å². The topological polar surface area (TPSA) is 54.5 Å². The molecule has 5 heteroatoms. The summed E-state index contributed by atoms with van der Waals surface area (Å²) in [6, 6.07) is 1.98. The number of thiazole rings is 1. The number of hydrogen-bond donors (Lipinski definition) is 1. The normalized spacial score (nSPS) is 11.2. The molecule has 3 aromatic rings. The van der Waals surface area contributed by atoms with Crippen LogP contribution in [-0.4, -0.2) is 19.9 Å². The van der Waals surface area contributed by atoms with Gasteiger partial charge in [0.1, 0.15) is 0 Å². The summed E-state index contributed by atoms with van der Waals surface area (Å²) in [7, 11) is 0. The first kappa shape index (κ1) is 10.4. The predicted octanol–water partition coefficient (Wildman–Crippen LogP) is 3.01. The van der Waals surface area contributed by atoms with E-state index in [2.05, 4.69) is 26.9 Å². The molecule has 0 saturated carbocycles. The molecule has 0 aliphatic rings. The van der Waals surface area contributed by atoms with Gasteiger partial charge in [0.15, 0.2) is 11.5 Å². The van der Waals surface area contributed by atoms with Crippen molar-refractivity contribution in [2.75, 3.05) is 0 Å². The lowest BCUT2D eigenvalue weighted by molar-refractivity contribution is 1.19. The van der Waals surface area contributed by atoms with Crippen molar-refractivity contribution >= 4 is 22.5 Å². The van der Waals surface area contributed by atoms with E-state index in [-0.39, 0.29) is 0 Å². The van der Waals surface area contributed by atoms with Gasteiger partial charge in [-0.2, -0.15) is 0 Å². The van der Waals surface area contributed by atoms with Gasteiger partial charge in [0.25, 0.3) is 0 Å². The maximum Gasteiger partial charge on any atom is 0.178 e. The first-order valence-corrected chi connectivity index (χ1v) is 6.22. The van der Waals surface area contributed by atoms with Crippen LogP contribution in [-0.2, 0) is 0 Å². The number of hydrogen-bond acceptors (Lipinski definition) is 4. The Labute approximate surface area is 103 Å². The van der Waals surface area contributed by atoms with Crippen molar-refractivity contribution in [1.82, 2.24) is 19.9 Å². The van der Waals surface area contributed by atoms with Crippen LogP contribution in [0.1, 0.15) is 16.3 Å². The highest BCUT2D eigenvalue weighted by atomic mass is 32.1. The first-order chi connectivity index (χ1) is 8.15. The van der Waals surface area contributed by atoms with Crippen LogP contribution in [0.15, 0.2) is 12.3 Å². The van der Waals surface area contributed by atoms with E-state index in [9.17, 15) is 0 Å². The smallest absolute Gasteiger partial charge is 0.178 e. The average molecular weight is 244 g/mol. The number of imidazole rings is 1. The van der Waals surface area contributed by atoms with Crippen molar-refractivity contribution < 1.29 is 0 Å². The lowest BCUT2D eigenvalue weighted by atomic mass is 10.3. The molecule has 0 unspecified atom stereocenters. The molecule has 0 bridgehead atoms. The minimum Gasteiger partial charge on any atom is -0.336 e. The zero-order chi connectivity index (χ0) is 12.0. The Kier molecular flexibility index (Phi) is 2.22. The van der Waals surface area contributed by atoms with Crippen molar-refractivity contribution in [2.45, 2.75) is 20.8 Å². The molecule has 0 saturated heterocycles. The number of pyridine rings is 1. The predicted molar refractivity (Wildman–Crippen MR) is 69.2 cm³/mol. The standard InChI is InChI=1S/C12H12N4S/c1-6-4-5-13-11-9(6)15-12(16-11)10-7(2)14-8(3)17-10/h4-5H,1-3H3,(H,13,15,16). The van der Waals surface area contributed by atoms with Crippen molar-refractivity contribution in [2.24, 2.45) is 0 Å². The highest BCUT2D eigenvalue weighted by Crippen LogP contribution is 2.29. The molecule has 3 rings (SSSR count). The van der Waals surface area contributed by atoms with E-state index in [1.165, 1.54) is 0 Å². The summed E-state index contributed by atoms with van der Waals surface area (Å²) < 4.78 is 0. The molecule has 86 valence electrons. The van der Waals surface area contributed by atoms with Gasteiger partial charge in [0.05, 0.1) is 21.1 Å². The average Bonchev–Trinajstić information content (AvgIpc) is 2.82. The lowest BCUT2D eigenvalue weighted by Crippen LogP contribution is -1.79. The Morgan fingerprint density at radius 2 is 2.00 bits per heavy atom. The van der Waals surface area contributed by atoms with Crippen LogP contribution in [0.25, 0.3) is 21.9 Å². The van der Waals surface area contributed by atoms with E-state index in [1.807, 2.05) is 19.9 Å². The Bertz CT molecular complexity index is 696. The monoisotopic (exact) mass is 244 g/mol. The van der Waals surface area contributed by atoms with Gasteiger partial charge in [-0.05, 0) is 32.4 Å². The van der Waals surface area contributed by atoms with Gasteiger partial charge >= 0.3 is 0 Å². The number of fused-ring (bicyclic) bond motifs is 1. The van der Waals surface area contributed by atoms with Crippen LogP contribution >= 0.6 is 11.3 Å². The van der Waals surface area contributed by atoms with Crippen LogP contribution < -0.4 is 0 Å². The maximum atomic E-state index is 4.52. The summed E-state index contributed by atoms with van der Waals surface area (Å²) in [4.78, 5) is 17.6. The van der Waals surface area contributed by atoms with Crippen LogP contribution in [0.4, 0.5) is 0 Å². The summed E-state index contributed by atoms with van der Waals surface area (Å²) in [5.41, 5.74) is 3.95. The zero-order valence-electron chi connectivity index (χ0n) is 9.90. The second-order valence-electron chi connectivity index (χ2n) is 4.06. The highest BCUT2D eigenvalue weighted by molar-refractivity contribution is 7.15. The lowest BCUT2D eigenvalue weighted by Gasteiger charge is -1.91. The zero-order valence-corrected chi connectivity index (χ0v) is 10.7. The van der Waals surface area contributed by atoms with Crippen LogP contribution in [0.3, 0.4) is 0 Å². The van der Waals surface area contributed by atoms with E-state index < -0.39 is 0 Å². The Morgan fingerprint density at radius 1 is 1.18 bits per heavy atom. The molecule has 0 atom stereocenters. The summed E-state index contributed by atoms with van der Waals surface area (Å²) in [5, 5.41) is 1.06. The van der Waals surface area contributed by atoms with Crippen molar-refractivity contribution in [3.63, 3.8) is 0 Å². The molecule has 0 radical (unpaired) electrons. The van der Waals surface area contributed by atoms with Gasteiger partial charge in [0.2, 0.25) is 0 Å². The quantitative estimate of drug-likeness (QED) is 0.716. The molecule has 0 amide bonds. The maximum absolute atomic E-state index is 4.52. The Balaban J connectivity index is 2.25. The SMILES string of the molecule is Cc1nc(C)c(-c2nc3nccc(C)c3[nH]2)s1. The van der Waals surface area contributed by atoms with Gasteiger partial charge < -0.3 is 4.98 Å². The first-order valence-electron chi connectivity index (χ1n) is 5.41. The molecule has 0 aromatic carbocycles. The summed E-state index contributed by atoms with van der Waals surface area (Å²) in [6.07, 6.45) is 1.78. The largest absolute Gasteiger partial charge is 0.336 e. The molecule has 0 spiro atoms. The molecule has 17 heavy (non-hydrogen) atoms. The van der Waals surface area contributed by atoms with E-state index in [0.29, 0.717) is 0 Å². The molecular formula is C12H12N4S. The number of aryl methyl sites for hydroxylation is 3. The fraction of sp³-hybridized carbons (Fsp3) is 0.250. The molecule has 4 nitrogen and oxygen atoms in total. The third-order valence-electron chi connectivity index (χ3n) is 2.72. The minimum absolute atomic E-state index is 0.769. The van der Waals surface area contributed by atoms with Crippen LogP contribution in [0.2, 0.25) is 0 Å². The molecule has 0 aliphatic heterocycles. The van der Waals surface area contributed by atoms with Crippen molar-refractivity contribution in [3.05, 3.63) is 28.5 Å². The fourth-order valence-electron chi connectivity index (χ4n) is 1.89. The van der Waals surface area contributed by atoms with E-state index >= 15 is 0 Å². The summed E-state index contributed by atoms with van der Waals surface area (Å²) >= 11 is 1.66. The number of nitrogens with one attached hydrogen (secondary N) is 1. The van der Waals surface area contributed by atoms with E-state index in [1.54, 1.807) is 17.5 Å². The van der Waals surface area contributed by atoms with E-state index in [4.69, 9.17) is 0 Å². The number of aromatic amines is 1. The molecule has 3 heterocycles. The van der Waals surface area contributed by atoms with Crippen molar-refractivity contribution in [3.8, 4) is 10.7 Å². The number of nitrogens with zero attached hydrogens (tertiary/aromatic N) is 3. The Hall–Kier alpha value is -1.75. The van der Waals surface area contributed by atoms with Crippen molar-refractivity contribution in [1.29, 1.82) is 0 Å². The molecule has 3 aromatic heterocycles. The number of rotatable bonds is 1. The molecule has 0 fully saturated rings. The molecule has 0 aliphatic carbocycles. The Morgan fingerprint density at radius 3 is 2.65 bits per heavy atom. The van der Waals surface area contributed by atoms with Gasteiger partial charge in [0, 0.05) is 6.20 Å². The van der Waals surface area contributed by atoms with Gasteiger partial charge in [-0.3, -0.25) is 0 Å². The third-order valence-corrected chi connectivity index (χ3v) is 3.80. The van der Waals surface area contributed by atoms with Gasteiger partial charge in [-0.1, -0.05) is 0 Å². The molecular weight excluding hydrogens is 232 g/mol. The highest BCUT2D eigenvalue weighted by Gasteiger charge is 2.13. The van der Waals surface area contributed by atoms with Gasteiger partial charge in [-0.25, -0.2) is 15.0 Å². The minimum atomic E-state index is 0.769. The van der Waals surface area contributed by atoms with Gasteiger partial charge in [-0.15, -0.1) is 11.3 Å². The molecule has 1 N–H and O–H groups in total. The fourth-order valence-corrected chi connectivity index (χ4v) is 2.76. The third kappa shape index (κ3) is 1.63. The van der Waals surface area contributed by atoms with E-state index in [0.717, 1.165) is 38.1 Å². The van der Waals surface area contributed by atoms with Crippen LogP contribution in [0, 0.1) is 20.8 Å². The number of H-pyrrole nitrogens is 1. The second-order valence-corrected chi connectivity index (χ2v) is 5.26. The summed E-state index contributed by atoms with van der Waals surface area (Å²) in [5.74, 6) is 0.866. The summed E-state index contributed by atoms with van der Waals surface area (Å²) in [6.45, 7) is 6.07. The second kappa shape index (κ2) is 3.63.